The number of rotatable bonds is 6. The molecule has 1 heterocycles. The van der Waals surface area contributed by atoms with Gasteiger partial charge in [0.2, 0.25) is 0 Å². The molecule has 0 saturated carbocycles. The van der Waals surface area contributed by atoms with E-state index in [9.17, 15) is 9.59 Å². The zero-order valence-electron chi connectivity index (χ0n) is 18.9. The largest absolute Gasteiger partial charge is 0.466 e. The molecular formula is C24H33N3O4. The maximum absolute atomic E-state index is 12.9. The third kappa shape index (κ3) is 5.88. The van der Waals surface area contributed by atoms with Crippen LogP contribution in [0, 0.1) is 0 Å². The molecule has 7 nitrogen and oxygen atoms in total. The van der Waals surface area contributed by atoms with Crippen LogP contribution in [0.3, 0.4) is 0 Å². The van der Waals surface area contributed by atoms with Crippen molar-refractivity contribution in [2.45, 2.75) is 45.8 Å². The van der Waals surface area contributed by atoms with Crippen LogP contribution in [0.4, 0.5) is 10.5 Å². The highest BCUT2D eigenvalue weighted by molar-refractivity contribution is 5.96. The Hall–Kier alpha value is -2.80. The molecule has 0 aromatic heterocycles. The van der Waals surface area contributed by atoms with Crippen LogP contribution in [0.15, 0.2) is 36.4 Å². The molecule has 1 atom stereocenters. The van der Waals surface area contributed by atoms with Crippen LogP contribution in [-0.4, -0.2) is 55.3 Å². The third-order valence-electron chi connectivity index (χ3n) is 5.14. The van der Waals surface area contributed by atoms with Crippen LogP contribution in [0.1, 0.15) is 45.7 Å². The van der Waals surface area contributed by atoms with Crippen LogP contribution < -0.4 is 10.6 Å². The van der Waals surface area contributed by atoms with E-state index >= 15 is 0 Å². The highest BCUT2D eigenvalue weighted by Gasteiger charge is 2.32. The molecule has 2 aromatic rings. The van der Waals surface area contributed by atoms with Crippen molar-refractivity contribution in [3.8, 4) is 0 Å². The topological polar surface area (TPSA) is 79.9 Å². The Morgan fingerprint density at radius 3 is 2.61 bits per heavy atom. The molecule has 2 aromatic carbocycles. The first-order valence-corrected chi connectivity index (χ1v) is 10.9. The lowest BCUT2D eigenvalue weighted by atomic mass is 9.95. The van der Waals surface area contributed by atoms with E-state index in [0.29, 0.717) is 32.7 Å². The molecule has 2 N–H and O–H groups in total. The van der Waals surface area contributed by atoms with E-state index in [0.717, 1.165) is 28.6 Å². The first-order valence-electron chi connectivity index (χ1n) is 10.9. The van der Waals surface area contributed by atoms with Gasteiger partial charge in [-0.1, -0.05) is 30.3 Å². The number of ether oxygens (including phenoxy) is 2. The molecule has 0 spiro atoms. The lowest BCUT2D eigenvalue weighted by Gasteiger charge is -2.38. The molecule has 3 rings (SSSR count). The van der Waals surface area contributed by atoms with Crippen LogP contribution in [-0.2, 0) is 14.3 Å². The zero-order chi connectivity index (χ0) is 22.4. The highest BCUT2D eigenvalue weighted by Crippen LogP contribution is 2.34. The first kappa shape index (κ1) is 22.9. The molecule has 1 aliphatic rings. The number of carbonyl (C=O) groups excluding carboxylic acids is 2. The molecule has 1 fully saturated rings. The Labute approximate surface area is 184 Å². The molecule has 31 heavy (non-hydrogen) atoms. The van der Waals surface area contributed by atoms with Crippen LogP contribution >= 0.6 is 0 Å². The van der Waals surface area contributed by atoms with E-state index in [1.54, 1.807) is 6.92 Å². The van der Waals surface area contributed by atoms with Gasteiger partial charge >= 0.3 is 12.1 Å². The summed E-state index contributed by atoms with van der Waals surface area (Å²) >= 11 is 0. The standard InChI is InChI=1S/C24H33N3O4/c1-5-30-22(28)12-13-26-20-11-10-19(17-8-6-7-9-18(17)20)21-16-25-14-15-27(21)23(29)31-24(2,3)4/h6-11,21,25-26H,5,12-16H2,1-4H3. The predicted molar refractivity (Wildman–Crippen MR) is 122 cm³/mol. The van der Waals surface area contributed by atoms with E-state index in [1.807, 2.05) is 43.9 Å². The molecule has 168 valence electrons. The SMILES string of the molecule is CCOC(=O)CCNc1ccc(C2CNCCN2C(=O)OC(C)(C)C)c2ccccc12. The number of nitrogens with one attached hydrogen (secondary N) is 2. The number of benzene rings is 2. The fourth-order valence-corrected chi connectivity index (χ4v) is 3.82. The van der Waals surface area contributed by atoms with Crippen molar-refractivity contribution >= 4 is 28.5 Å². The summed E-state index contributed by atoms with van der Waals surface area (Å²) in [6, 6.07) is 12.1. The molecule has 0 radical (unpaired) electrons. The van der Waals surface area contributed by atoms with Gasteiger partial charge < -0.3 is 20.1 Å². The van der Waals surface area contributed by atoms with Gasteiger partial charge in [0, 0.05) is 37.3 Å². The Morgan fingerprint density at radius 1 is 1.16 bits per heavy atom. The number of carbonyl (C=O) groups is 2. The second-order valence-corrected chi connectivity index (χ2v) is 8.62. The van der Waals surface area contributed by atoms with Crippen molar-refractivity contribution in [3.05, 3.63) is 42.0 Å². The lowest BCUT2D eigenvalue weighted by Crippen LogP contribution is -2.50. The second-order valence-electron chi connectivity index (χ2n) is 8.62. The Balaban J connectivity index is 1.86. The molecule has 0 aliphatic carbocycles. The van der Waals surface area contributed by atoms with E-state index < -0.39 is 5.60 Å². The zero-order valence-corrected chi connectivity index (χ0v) is 18.9. The fourth-order valence-electron chi connectivity index (χ4n) is 3.82. The number of amides is 1. The van der Waals surface area contributed by atoms with Crippen molar-refractivity contribution in [3.63, 3.8) is 0 Å². The van der Waals surface area contributed by atoms with Gasteiger partial charge in [-0.15, -0.1) is 0 Å². The van der Waals surface area contributed by atoms with E-state index in [4.69, 9.17) is 9.47 Å². The van der Waals surface area contributed by atoms with Crippen molar-refractivity contribution in [1.82, 2.24) is 10.2 Å². The predicted octanol–water partition coefficient (Wildman–Crippen LogP) is 4.09. The molecule has 7 heteroatoms. The average molecular weight is 428 g/mol. The lowest BCUT2D eigenvalue weighted by molar-refractivity contribution is -0.142. The Bertz CT molecular complexity index is 923. The summed E-state index contributed by atoms with van der Waals surface area (Å²) in [5, 5.41) is 8.88. The van der Waals surface area contributed by atoms with Gasteiger partial charge in [-0.25, -0.2) is 4.79 Å². The monoisotopic (exact) mass is 427 g/mol. The van der Waals surface area contributed by atoms with Crippen LogP contribution in [0.5, 0.6) is 0 Å². The quantitative estimate of drug-likeness (QED) is 0.676. The second kappa shape index (κ2) is 10.0. The molecule has 1 aliphatic heterocycles. The maximum Gasteiger partial charge on any atom is 0.410 e. The Morgan fingerprint density at radius 2 is 1.90 bits per heavy atom. The minimum atomic E-state index is -0.540. The van der Waals surface area contributed by atoms with Crippen molar-refractivity contribution < 1.29 is 19.1 Å². The Kier molecular flexibility index (Phi) is 7.38. The van der Waals surface area contributed by atoms with E-state index in [1.165, 1.54) is 0 Å². The minimum Gasteiger partial charge on any atom is -0.466 e. The van der Waals surface area contributed by atoms with Gasteiger partial charge in [0.25, 0.3) is 0 Å². The minimum absolute atomic E-state index is 0.123. The van der Waals surface area contributed by atoms with Crippen molar-refractivity contribution in [2.75, 3.05) is 38.1 Å². The highest BCUT2D eigenvalue weighted by atomic mass is 16.6. The van der Waals surface area contributed by atoms with Gasteiger partial charge in [-0.2, -0.15) is 0 Å². The van der Waals surface area contributed by atoms with Gasteiger partial charge in [-0.05, 0) is 44.7 Å². The van der Waals surface area contributed by atoms with Crippen molar-refractivity contribution in [2.24, 2.45) is 0 Å². The maximum atomic E-state index is 12.9. The number of nitrogens with zero attached hydrogens (tertiary/aromatic N) is 1. The van der Waals surface area contributed by atoms with E-state index in [-0.39, 0.29) is 18.1 Å². The van der Waals surface area contributed by atoms with Gasteiger partial charge in [0.05, 0.1) is 19.1 Å². The van der Waals surface area contributed by atoms with Gasteiger partial charge in [-0.3, -0.25) is 9.69 Å². The summed E-state index contributed by atoms with van der Waals surface area (Å²) in [6.07, 6.45) is 0.0165. The average Bonchev–Trinajstić information content (AvgIpc) is 2.73. The van der Waals surface area contributed by atoms with Crippen LogP contribution in [0.2, 0.25) is 0 Å². The number of fused-ring (bicyclic) bond motifs is 1. The summed E-state index contributed by atoms with van der Waals surface area (Å²) in [5.41, 5.74) is 1.49. The summed E-state index contributed by atoms with van der Waals surface area (Å²) in [5.74, 6) is -0.211. The summed E-state index contributed by atoms with van der Waals surface area (Å²) in [4.78, 5) is 26.3. The number of hydrogen-bond donors (Lipinski definition) is 2. The summed E-state index contributed by atoms with van der Waals surface area (Å²) in [7, 11) is 0. The number of piperazine rings is 1. The molecule has 1 amide bonds. The first-order chi connectivity index (χ1) is 14.8. The molecule has 0 bridgehead atoms. The summed E-state index contributed by atoms with van der Waals surface area (Å²) in [6.45, 7) is 10.3. The number of esters is 1. The number of anilines is 1. The van der Waals surface area contributed by atoms with Gasteiger partial charge in [0.1, 0.15) is 5.60 Å². The smallest absolute Gasteiger partial charge is 0.410 e. The molecule has 1 unspecified atom stereocenters. The summed E-state index contributed by atoms with van der Waals surface area (Å²) < 4.78 is 10.7. The van der Waals surface area contributed by atoms with Crippen molar-refractivity contribution in [1.29, 1.82) is 0 Å². The fraction of sp³-hybridized carbons (Fsp3) is 0.500. The van der Waals surface area contributed by atoms with Gasteiger partial charge in [0.15, 0.2) is 0 Å². The third-order valence-corrected chi connectivity index (χ3v) is 5.14. The molecule has 1 saturated heterocycles. The normalized spacial score (nSPS) is 16.8. The van der Waals surface area contributed by atoms with E-state index in [2.05, 4.69) is 28.8 Å². The number of hydrogen-bond acceptors (Lipinski definition) is 6. The van der Waals surface area contributed by atoms with Crippen LogP contribution in [0.25, 0.3) is 10.8 Å². The molecular weight excluding hydrogens is 394 g/mol.